The van der Waals surface area contributed by atoms with Crippen LogP contribution in [0.3, 0.4) is 0 Å². The molecule has 2 aromatic carbocycles. The maximum Gasteiger partial charge on any atom is 0.407 e. The third-order valence-corrected chi connectivity index (χ3v) is 6.46. The van der Waals surface area contributed by atoms with Crippen LogP contribution in [0.2, 0.25) is 0 Å². The van der Waals surface area contributed by atoms with E-state index in [9.17, 15) is 14.4 Å². The lowest BCUT2D eigenvalue weighted by Gasteiger charge is -2.22. The van der Waals surface area contributed by atoms with E-state index in [1.807, 2.05) is 12.1 Å². The molecule has 37 heavy (non-hydrogen) atoms. The number of fused-ring (bicyclic) bond motifs is 1. The molecule has 1 aliphatic heterocycles. The van der Waals surface area contributed by atoms with Gasteiger partial charge in [-0.3, -0.25) is 9.59 Å². The zero-order valence-electron chi connectivity index (χ0n) is 22.9. The molecule has 1 heterocycles. The second-order valence-corrected chi connectivity index (χ2v) is 11.0. The van der Waals surface area contributed by atoms with Gasteiger partial charge in [0, 0.05) is 50.5 Å². The number of carbonyl (C=O) groups excluding carboxylic acids is 3. The summed E-state index contributed by atoms with van der Waals surface area (Å²) in [5.41, 5.74) is 5.50. The molecule has 0 aliphatic carbocycles. The minimum absolute atomic E-state index is 0.0112. The largest absolute Gasteiger partial charge is 0.444 e. The predicted molar refractivity (Wildman–Crippen MR) is 147 cm³/mol. The standard InChI is InChI=1S/C30H41N3O4/c1-21-9-10-23-16-18-33(5)20-27(26(23)19-21)22-11-13-24(14-12-22)32-28(35)8-6-7-25(34)15-17-31-29(36)37-30(2,3)4/h9-14,19,27H,6-8,15-18,20H2,1-5H3,(H,31,36)(H,32,35). The van der Waals surface area contributed by atoms with Gasteiger partial charge >= 0.3 is 6.09 Å². The molecule has 7 nitrogen and oxygen atoms in total. The van der Waals surface area contributed by atoms with Crippen molar-refractivity contribution in [2.24, 2.45) is 0 Å². The van der Waals surface area contributed by atoms with Crippen LogP contribution in [0.4, 0.5) is 10.5 Å². The second-order valence-electron chi connectivity index (χ2n) is 11.0. The number of hydrogen-bond acceptors (Lipinski definition) is 5. The number of hydrogen-bond donors (Lipinski definition) is 2. The lowest BCUT2D eigenvalue weighted by Crippen LogP contribution is -2.33. The first-order chi connectivity index (χ1) is 17.5. The van der Waals surface area contributed by atoms with Crippen LogP contribution in [-0.2, 0) is 20.7 Å². The molecule has 0 fully saturated rings. The lowest BCUT2D eigenvalue weighted by atomic mass is 9.87. The molecule has 0 aromatic heterocycles. The zero-order valence-corrected chi connectivity index (χ0v) is 22.9. The molecular weight excluding hydrogens is 466 g/mol. The van der Waals surface area contributed by atoms with E-state index in [1.54, 1.807) is 20.8 Å². The highest BCUT2D eigenvalue weighted by Crippen LogP contribution is 2.32. The van der Waals surface area contributed by atoms with Crippen LogP contribution in [0, 0.1) is 6.92 Å². The number of ketones is 1. The summed E-state index contributed by atoms with van der Waals surface area (Å²) in [6.07, 6.45) is 1.79. The Labute approximate surface area is 221 Å². The Bertz CT molecular complexity index is 1090. The first-order valence-corrected chi connectivity index (χ1v) is 13.2. The summed E-state index contributed by atoms with van der Waals surface area (Å²) < 4.78 is 5.14. The fourth-order valence-electron chi connectivity index (χ4n) is 4.58. The molecule has 1 atom stereocenters. The molecule has 7 heteroatoms. The maximum atomic E-state index is 12.4. The SMILES string of the molecule is Cc1ccc2c(c1)C(c1ccc(NC(=O)CCCC(=O)CCNC(=O)OC(C)(C)C)cc1)CN(C)CC2. The summed E-state index contributed by atoms with van der Waals surface area (Å²) in [6.45, 7) is 9.73. The summed E-state index contributed by atoms with van der Waals surface area (Å²) in [7, 11) is 2.17. The van der Waals surface area contributed by atoms with Crippen molar-refractivity contribution in [3.8, 4) is 0 Å². The third kappa shape index (κ3) is 9.32. The highest BCUT2D eigenvalue weighted by atomic mass is 16.6. The lowest BCUT2D eigenvalue weighted by molar-refractivity contribution is -0.119. The van der Waals surface area contributed by atoms with Crippen molar-refractivity contribution in [1.29, 1.82) is 0 Å². The number of anilines is 1. The van der Waals surface area contributed by atoms with Crippen molar-refractivity contribution < 1.29 is 19.1 Å². The summed E-state index contributed by atoms with van der Waals surface area (Å²) in [5.74, 6) is 0.197. The van der Waals surface area contributed by atoms with Crippen LogP contribution < -0.4 is 10.6 Å². The van der Waals surface area contributed by atoms with E-state index in [4.69, 9.17) is 4.74 Å². The molecule has 0 bridgehead atoms. The minimum atomic E-state index is -0.571. The number of aryl methyl sites for hydroxylation is 1. The molecule has 0 saturated heterocycles. The van der Waals surface area contributed by atoms with E-state index in [-0.39, 0.29) is 31.1 Å². The van der Waals surface area contributed by atoms with Gasteiger partial charge in [0.2, 0.25) is 5.91 Å². The van der Waals surface area contributed by atoms with Crippen LogP contribution in [0.15, 0.2) is 42.5 Å². The Hall–Kier alpha value is -3.19. The van der Waals surface area contributed by atoms with Gasteiger partial charge in [0.1, 0.15) is 11.4 Å². The molecule has 0 saturated carbocycles. The Balaban J connectivity index is 1.45. The minimum Gasteiger partial charge on any atom is -0.444 e. The Morgan fingerprint density at radius 2 is 1.76 bits per heavy atom. The average molecular weight is 508 g/mol. The van der Waals surface area contributed by atoms with Crippen molar-refractivity contribution >= 4 is 23.5 Å². The number of nitrogens with zero attached hydrogens (tertiary/aromatic N) is 1. The molecule has 200 valence electrons. The quantitative estimate of drug-likeness (QED) is 0.487. The van der Waals surface area contributed by atoms with Gasteiger partial charge < -0.3 is 20.3 Å². The van der Waals surface area contributed by atoms with Gasteiger partial charge in [-0.05, 0) is 76.4 Å². The molecule has 2 amide bonds. The van der Waals surface area contributed by atoms with E-state index >= 15 is 0 Å². The van der Waals surface area contributed by atoms with Crippen LogP contribution >= 0.6 is 0 Å². The van der Waals surface area contributed by atoms with E-state index in [2.05, 4.69) is 59.8 Å². The van der Waals surface area contributed by atoms with E-state index in [0.29, 0.717) is 18.8 Å². The topological polar surface area (TPSA) is 87.7 Å². The van der Waals surface area contributed by atoms with Gasteiger partial charge in [0.25, 0.3) is 0 Å². The van der Waals surface area contributed by atoms with Crippen LogP contribution in [0.25, 0.3) is 0 Å². The fourth-order valence-corrected chi connectivity index (χ4v) is 4.58. The summed E-state index contributed by atoms with van der Waals surface area (Å²) >= 11 is 0. The number of carbonyl (C=O) groups is 3. The molecule has 1 aliphatic rings. The van der Waals surface area contributed by atoms with Gasteiger partial charge in [-0.1, -0.05) is 35.9 Å². The summed E-state index contributed by atoms with van der Waals surface area (Å²) in [5, 5.41) is 5.52. The molecule has 0 radical (unpaired) electrons. The highest BCUT2D eigenvalue weighted by Gasteiger charge is 2.23. The van der Waals surface area contributed by atoms with Crippen LogP contribution in [0.1, 0.15) is 74.6 Å². The van der Waals surface area contributed by atoms with Gasteiger partial charge in [-0.25, -0.2) is 4.79 Å². The first-order valence-electron chi connectivity index (χ1n) is 13.2. The number of alkyl carbamates (subject to hydrolysis) is 1. The van der Waals surface area contributed by atoms with Gasteiger partial charge in [-0.15, -0.1) is 0 Å². The predicted octanol–water partition coefficient (Wildman–Crippen LogP) is 5.21. The number of Topliss-reactive ketones (excluding diaryl/α,β-unsaturated/α-hetero) is 1. The van der Waals surface area contributed by atoms with Gasteiger partial charge in [-0.2, -0.15) is 0 Å². The van der Waals surface area contributed by atoms with Crippen LogP contribution in [-0.4, -0.2) is 55.0 Å². The molecular formula is C30H41N3O4. The van der Waals surface area contributed by atoms with E-state index < -0.39 is 11.7 Å². The number of amides is 2. The molecule has 2 aromatic rings. The molecule has 0 spiro atoms. The van der Waals surface area contributed by atoms with Gasteiger partial charge in [0.05, 0.1) is 0 Å². The molecule has 1 unspecified atom stereocenters. The smallest absolute Gasteiger partial charge is 0.407 e. The first kappa shape index (κ1) is 28.4. The van der Waals surface area contributed by atoms with E-state index in [0.717, 1.165) is 25.2 Å². The van der Waals surface area contributed by atoms with Gasteiger partial charge in [0.15, 0.2) is 0 Å². The Morgan fingerprint density at radius 1 is 1.03 bits per heavy atom. The zero-order chi connectivity index (χ0) is 27.0. The monoisotopic (exact) mass is 507 g/mol. The average Bonchev–Trinajstić information content (AvgIpc) is 2.97. The maximum absolute atomic E-state index is 12.4. The fraction of sp³-hybridized carbons (Fsp3) is 0.500. The van der Waals surface area contributed by atoms with Crippen molar-refractivity contribution in [2.45, 2.75) is 71.3 Å². The normalized spacial score (nSPS) is 15.9. The van der Waals surface area contributed by atoms with Crippen molar-refractivity contribution in [2.75, 3.05) is 32.0 Å². The Kier molecular flexibility index (Phi) is 9.86. The van der Waals surface area contributed by atoms with Crippen molar-refractivity contribution in [1.82, 2.24) is 10.2 Å². The number of likely N-dealkylation sites (N-methyl/N-ethyl adjacent to an activating group) is 1. The summed E-state index contributed by atoms with van der Waals surface area (Å²) in [4.78, 5) is 38.5. The second kappa shape index (κ2) is 12.9. The van der Waals surface area contributed by atoms with Crippen molar-refractivity contribution in [3.63, 3.8) is 0 Å². The number of benzene rings is 2. The third-order valence-electron chi connectivity index (χ3n) is 6.46. The number of nitrogens with one attached hydrogen (secondary N) is 2. The number of ether oxygens (including phenoxy) is 1. The molecule has 2 N–H and O–H groups in total. The summed E-state index contributed by atoms with van der Waals surface area (Å²) in [6, 6.07) is 14.9. The van der Waals surface area contributed by atoms with Crippen molar-refractivity contribution in [3.05, 3.63) is 64.7 Å². The molecule has 3 rings (SSSR count). The van der Waals surface area contributed by atoms with Crippen LogP contribution in [0.5, 0.6) is 0 Å². The Morgan fingerprint density at radius 3 is 2.46 bits per heavy atom. The highest BCUT2D eigenvalue weighted by molar-refractivity contribution is 5.91. The van der Waals surface area contributed by atoms with E-state index in [1.165, 1.54) is 22.3 Å². The number of rotatable bonds is 9.